The Morgan fingerprint density at radius 2 is 2.03 bits per heavy atom. The topological polar surface area (TPSA) is 110 Å². The monoisotopic (exact) mass is 460 g/mol. The number of carbonyl (C=O) groups excluding carboxylic acids is 1. The number of nitrogens with zero attached hydrogens (tertiary/aromatic N) is 5. The summed E-state index contributed by atoms with van der Waals surface area (Å²) in [6.07, 6.45) is 4.63. The van der Waals surface area contributed by atoms with Gasteiger partial charge in [-0.2, -0.15) is 5.10 Å². The molecule has 0 radical (unpaired) electrons. The second kappa shape index (κ2) is 9.84. The lowest BCUT2D eigenvalue weighted by Gasteiger charge is -2.22. The molecule has 0 atom stereocenters. The first-order valence-electron chi connectivity index (χ1n) is 9.47. The van der Waals surface area contributed by atoms with E-state index < -0.39 is 15.9 Å². The maximum atomic E-state index is 12.3. The molecule has 164 valence electrons. The summed E-state index contributed by atoms with van der Waals surface area (Å²) in [4.78, 5) is 23.3. The average molecular weight is 461 g/mol. The van der Waals surface area contributed by atoms with Crippen molar-refractivity contribution in [3.63, 3.8) is 0 Å². The number of benzene rings is 1. The van der Waals surface area contributed by atoms with Gasteiger partial charge in [0.05, 0.1) is 25.5 Å². The van der Waals surface area contributed by atoms with Gasteiger partial charge in [0.25, 0.3) is 5.91 Å². The Morgan fingerprint density at radius 1 is 1.29 bits per heavy atom. The van der Waals surface area contributed by atoms with E-state index in [1.165, 1.54) is 11.3 Å². The third-order valence-corrected chi connectivity index (χ3v) is 5.93. The molecule has 0 unspecified atom stereocenters. The molecular formula is C20H24N6O3S2. The van der Waals surface area contributed by atoms with Crippen LogP contribution in [0, 0.1) is 6.92 Å². The Hall–Kier alpha value is -3.05. The number of nitrogens with one attached hydrogen (secondary N) is 1. The van der Waals surface area contributed by atoms with Crippen LogP contribution in [0.15, 0.2) is 47.7 Å². The summed E-state index contributed by atoms with van der Waals surface area (Å²) in [6, 6.07) is 9.92. The minimum absolute atomic E-state index is 0.113. The number of amides is 1. The van der Waals surface area contributed by atoms with Crippen LogP contribution in [0.5, 0.6) is 0 Å². The van der Waals surface area contributed by atoms with Crippen molar-refractivity contribution in [1.82, 2.24) is 19.5 Å². The molecular weight excluding hydrogens is 436 g/mol. The van der Waals surface area contributed by atoms with Gasteiger partial charge in [0.15, 0.2) is 5.13 Å². The highest BCUT2D eigenvalue weighted by Gasteiger charge is 2.21. The number of sulfonamides is 1. The highest BCUT2D eigenvalue weighted by Crippen LogP contribution is 2.27. The molecule has 0 aliphatic heterocycles. The van der Waals surface area contributed by atoms with Gasteiger partial charge in [-0.05, 0) is 19.2 Å². The number of carbonyl (C=O) groups is 1. The Morgan fingerprint density at radius 3 is 2.71 bits per heavy atom. The van der Waals surface area contributed by atoms with E-state index in [0.717, 1.165) is 17.4 Å². The normalized spacial score (nSPS) is 11.3. The van der Waals surface area contributed by atoms with E-state index in [2.05, 4.69) is 26.7 Å². The number of anilines is 1. The predicted molar refractivity (Wildman–Crippen MR) is 122 cm³/mol. The van der Waals surface area contributed by atoms with Crippen LogP contribution in [-0.2, 0) is 29.7 Å². The van der Waals surface area contributed by atoms with Gasteiger partial charge in [-0.3, -0.25) is 14.5 Å². The zero-order valence-electron chi connectivity index (χ0n) is 17.4. The maximum absolute atomic E-state index is 12.3. The van der Waals surface area contributed by atoms with Crippen molar-refractivity contribution >= 4 is 39.1 Å². The summed E-state index contributed by atoms with van der Waals surface area (Å²) < 4.78 is 26.7. The standard InChI is InChI=1S/C20H24N6O3S2/c1-15-18(19(27)24-31(3,28)29)23-20(30-15)25(13-16-7-5-4-6-8-16)9-10-26-14-17(11-21-2)12-22-26/h4-8,12,14H,2,9-11,13H2,1,3H3,(H,24,27). The molecule has 1 aromatic carbocycles. The second-order valence-electron chi connectivity index (χ2n) is 7.01. The SMILES string of the molecule is C=NCc1cnn(CCN(Cc2ccccc2)c2nc(C(=O)NS(C)(=O)=O)c(C)s2)c1. The molecule has 0 spiro atoms. The Labute approximate surface area is 185 Å². The summed E-state index contributed by atoms with van der Waals surface area (Å²) >= 11 is 1.35. The van der Waals surface area contributed by atoms with Gasteiger partial charge in [-0.1, -0.05) is 30.3 Å². The van der Waals surface area contributed by atoms with Crippen LogP contribution < -0.4 is 9.62 Å². The van der Waals surface area contributed by atoms with E-state index in [1.54, 1.807) is 13.1 Å². The van der Waals surface area contributed by atoms with Crippen molar-refractivity contribution in [3.8, 4) is 0 Å². The number of aromatic nitrogens is 3. The van der Waals surface area contributed by atoms with E-state index in [-0.39, 0.29) is 5.69 Å². The molecule has 1 N–H and O–H groups in total. The first-order chi connectivity index (χ1) is 14.7. The third-order valence-electron chi connectivity index (χ3n) is 4.35. The summed E-state index contributed by atoms with van der Waals surface area (Å²) in [5, 5.41) is 4.99. The Kier molecular flexibility index (Phi) is 7.18. The van der Waals surface area contributed by atoms with Crippen LogP contribution in [0.25, 0.3) is 0 Å². The van der Waals surface area contributed by atoms with Gasteiger partial charge in [0, 0.05) is 29.7 Å². The number of hydrogen-bond donors (Lipinski definition) is 1. The first-order valence-corrected chi connectivity index (χ1v) is 12.2. The number of hydrogen-bond acceptors (Lipinski definition) is 8. The zero-order chi connectivity index (χ0) is 22.4. The van der Waals surface area contributed by atoms with E-state index in [0.29, 0.717) is 36.2 Å². The minimum Gasteiger partial charge on any atom is -0.342 e. The summed E-state index contributed by atoms with van der Waals surface area (Å²) in [5.74, 6) is -0.726. The summed E-state index contributed by atoms with van der Waals surface area (Å²) in [5.41, 5.74) is 2.19. The quantitative estimate of drug-likeness (QED) is 0.465. The van der Waals surface area contributed by atoms with Crippen molar-refractivity contribution in [2.45, 2.75) is 26.6 Å². The number of thiazole rings is 1. The van der Waals surface area contributed by atoms with Crippen LogP contribution in [0.4, 0.5) is 5.13 Å². The van der Waals surface area contributed by atoms with E-state index in [1.807, 2.05) is 45.9 Å². The molecule has 2 heterocycles. The molecule has 31 heavy (non-hydrogen) atoms. The molecule has 0 aliphatic carbocycles. The largest absolute Gasteiger partial charge is 0.342 e. The highest BCUT2D eigenvalue weighted by atomic mass is 32.2. The number of rotatable bonds is 10. The smallest absolute Gasteiger partial charge is 0.284 e. The van der Waals surface area contributed by atoms with Gasteiger partial charge in [-0.25, -0.2) is 18.1 Å². The molecule has 0 saturated heterocycles. The fraction of sp³-hybridized carbons (Fsp3) is 0.300. The van der Waals surface area contributed by atoms with Gasteiger partial charge < -0.3 is 4.90 Å². The fourth-order valence-electron chi connectivity index (χ4n) is 2.95. The summed E-state index contributed by atoms with van der Waals surface area (Å²) in [7, 11) is -3.67. The number of aliphatic imine (C=N–C) groups is 1. The highest BCUT2D eigenvalue weighted by molar-refractivity contribution is 7.89. The van der Waals surface area contributed by atoms with E-state index in [9.17, 15) is 13.2 Å². The number of aryl methyl sites for hydroxylation is 1. The Balaban J connectivity index is 1.82. The molecule has 0 saturated carbocycles. The van der Waals surface area contributed by atoms with Gasteiger partial charge in [-0.15, -0.1) is 11.3 Å². The van der Waals surface area contributed by atoms with E-state index >= 15 is 0 Å². The molecule has 11 heteroatoms. The van der Waals surface area contributed by atoms with Crippen LogP contribution in [0.2, 0.25) is 0 Å². The fourth-order valence-corrected chi connectivity index (χ4v) is 4.32. The zero-order valence-corrected chi connectivity index (χ0v) is 19.0. The molecule has 0 aliphatic rings. The van der Waals surface area contributed by atoms with Crippen LogP contribution in [0.1, 0.15) is 26.5 Å². The van der Waals surface area contributed by atoms with Crippen molar-refractivity contribution in [2.75, 3.05) is 17.7 Å². The van der Waals surface area contributed by atoms with Crippen molar-refractivity contribution in [2.24, 2.45) is 4.99 Å². The predicted octanol–water partition coefficient (Wildman–Crippen LogP) is 2.24. The lowest BCUT2D eigenvalue weighted by atomic mass is 10.2. The summed E-state index contributed by atoms with van der Waals surface area (Å²) in [6.45, 7) is 7.55. The van der Waals surface area contributed by atoms with Crippen LogP contribution in [0.3, 0.4) is 0 Å². The molecule has 0 fully saturated rings. The first kappa shape index (κ1) is 22.6. The van der Waals surface area contributed by atoms with Gasteiger partial charge in [0.2, 0.25) is 10.0 Å². The minimum atomic E-state index is -3.67. The molecule has 3 rings (SSSR count). The molecule has 9 nitrogen and oxygen atoms in total. The molecule has 1 amide bonds. The molecule has 0 bridgehead atoms. The van der Waals surface area contributed by atoms with Gasteiger partial charge >= 0.3 is 0 Å². The Bertz CT molecular complexity index is 1150. The average Bonchev–Trinajstić information content (AvgIpc) is 3.31. The van der Waals surface area contributed by atoms with Crippen LogP contribution in [-0.4, -0.2) is 48.6 Å². The van der Waals surface area contributed by atoms with Crippen LogP contribution >= 0.6 is 11.3 Å². The third kappa shape index (κ3) is 6.46. The van der Waals surface area contributed by atoms with Gasteiger partial charge in [0.1, 0.15) is 5.69 Å². The maximum Gasteiger partial charge on any atom is 0.284 e. The molecule has 3 aromatic rings. The van der Waals surface area contributed by atoms with Crippen molar-refractivity contribution in [3.05, 3.63) is 64.4 Å². The van der Waals surface area contributed by atoms with Crippen molar-refractivity contribution < 1.29 is 13.2 Å². The lowest BCUT2D eigenvalue weighted by Crippen LogP contribution is -2.30. The van der Waals surface area contributed by atoms with E-state index in [4.69, 9.17) is 0 Å². The van der Waals surface area contributed by atoms with Crippen molar-refractivity contribution in [1.29, 1.82) is 0 Å². The lowest BCUT2D eigenvalue weighted by molar-refractivity contribution is 0.0977. The molecule has 2 aromatic heterocycles. The second-order valence-corrected chi connectivity index (χ2v) is 9.94.